The van der Waals surface area contributed by atoms with Gasteiger partial charge in [0.15, 0.2) is 10.2 Å². The van der Waals surface area contributed by atoms with Crippen LogP contribution in [0.3, 0.4) is 0 Å². The van der Waals surface area contributed by atoms with Crippen molar-refractivity contribution in [1.29, 1.82) is 0 Å². The summed E-state index contributed by atoms with van der Waals surface area (Å²) in [5, 5.41) is 1.69. The molecule has 4 heterocycles. The van der Waals surface area contributed by atoms with Crippen LogP contribution in [0.2, 0.25) is 0 Å². The summed E-state index contributed by atoms with van der Waals surface area (Å²) in [4.78, 5) is 19.6. The van der Waals surface area contributed by atoms with Crippen LogP contribution < -0.4 is 0 Å². The average Bonchev–Trinajstić information content (AvgIpc) is 3.33. The summed E-state index contributed by atoms with van der Waals surface area (Å²) >= 11 is 1.52. The molecule has 0 bridgehead atoms. The monoisotopic (exact) mass is 405 g/mol. The fraction of sp³-hybridized carbons (Fsp3) is 0.318. The van der Waals surface area contributed by atoms with Crippen molar-refractivity contribution >= 4 is 22.8 Å². The number of furan rings is 1. The van der Waals surface area contributed by atoms with E-state index < -0.39 is 0 Å². The number of rotatable bonds is 5. The van der Waals surface area contributed by atoms with Crippen molar-refractivity contribution in [3.8, 4) is 0 Å². The summed E-state index contributed by atoms with van der Waals surface area (Å²) in [6.45, 7) is 6.89. The molecule has 0 atom stereocenters. The molecule has 0 amide bonds. The molecule has 29 heavy (non-hydrogen) atoms. The second-order valence-electron chi connectivity index (χ2n) is 7.70. The third-order valence-electron chi connectivity index (χ3n) is 5.13. The van der Waals surface area contributed by atoms with Crippen molar-refractivity contribution in [3.63, 3.8) is 0 Å². The van der Waals surface area contributed by atoms with E-state index >= 15 is 0 Å². The minimum absolute atomic E-state index is 0.365. The van der Waals surface area contributed by atoms with Crippen molar-refractivity contribution in [3.05, 3.63) is 65.4 Å². The Morgan fingerprint density at radius 2 is 2.07 bits per heavy atom. The van der Waals surface area contributed by atoms with Crippen LogP contribution in [-0.2, 0) is 19.5 Å². The first-order chi connectivity index (χ1) is 14.1. The highest BCUT2D eigenvalue weighted by molar-refractivity contribution is 7.99. The van der Waals surface area contributed by atoms with E-state index in [-0.39, 0.29) is 0 Å². The molecule has 6 nitrogen and oxygen atoms in total. The zero-order valence-corrected chi connectivity index (χ0v) is 17.4. The number of para-hydroxylation sites is 2. The van der Waals surface area contributed by atoms with Crippen LogP contribution in [0.1, 0.15) is 42.6 Å². The van der Waals surface area contributed by atoms with Gasteiger partial charge in [-0.15, -0.1) is 0 Å². The molecule has 0 radical (unpaired) electrons. The number of nitrogens with zero attached hydrogens (tertiary/aromatic N) is 4. The molecule has 1 N–H and O–H groups in total. The topological polar surface area (TPSA) is 70.8 Å². The first-order valence-electron chi connectivity index (χ1n) is 9.92. The largest absolute Gasteiger partial charge is 0.453 e. The van der Waals surface area contributed by atoms with E-state index in [9.17, 15) is 0 Å². The molecular formula is C22H23N5OS. The van der Waals surface area contributed by atoms with E-state index in [1.165, 1.54) is 23.0 Å². The van der Waals surface area contributed by atoms with Gasteiger partial charge in [0, 0.05) is 42.9 Å². The van der Waals surface area contributed by atoms with Crippen molar-refractivity contribution in [2.24, 2.45) is 0 Å². The fourth-order valence-corrected chi connectivity index (χ4v) is 4.37. The standard InChI is InChI=1S/C22H23N5OS/c1-14(2)21-23-11-15-12-27(10-9-17(15)24-21)13-16-7-8-20(28-16)29-22-25-18-5-3-4-6-19(18)26-22/h3-8,11,14H,9-10,12-13H2,1-2H3,(H,25,26). The quantitative estimate of drug-likeness (QED) is 0.515. The molecule has 7 heteroatoms. The molecular weight excluding hydrogens is 382 g/mol. The molecule has 1 aliphatic heterocycles. The van der Waals surface area contributed by atoms with Crippen molar-refractivity contribution in [2.75, 3.05) is 6.54 Å². The van der Waals surface area contributed by atoms with Gasteiger partial charge in [0.05, 0.1) is 17.6 Å². The Morgan fingerprint density at radius 3 is 2.93 bits per heavy atom. The molecule has 4 aromatic rings. The Kier molecular flexibility index (Phi) is 4.85. The molecule has 0 fully saturated rings. The molecule has 1 aliphatic rings. The maximum absolute atomic E-state index is 6.05. The number of imidazole rings is 1. The van der Waals surface area contributed by atoms with E-state index in [2.05, 4.69) is 39.8 Å². The lowest BCUT2D eigenvalue weighted by Gasteiger charge is -2.27. The zero-order chi connectivity index (χ0) is 19.8. The minimum Gasteiger partial charge on any atom is -0.453 e. The van der Waals surface area contributed by atoms with Gasteiger partial charge in [0.25, 0.3) is 0 Å². The average molecular weight is 406 g/mol. The van der Waals surface area contributed by atoms with Crippen LogP contribution in [0.4, 0.5) is 0 Å². The lowest BCUT2D eigenvalue weighted by molar-refractivity contribution is 0.217. The number of hydrogen-bond acceptors (Lipinski definition) is 6. The Morgan fingerprint density at radius 1 is 1.17 bits per heavy atom. The number of H-pyrrole nitrogens is 1. The van der Waals surface area contributed by atoms with Crippen LogP contribution in [0.25, 0.3) is 11.0 Å². The van der Waals surface area contributed by atoms with Gasteiger partial charge >= 0.3 is 0 Å². The summed E-state index contributed by atoms with van der Waals surface area (Å²) in [5.41, 5.74) is 4.43. The molecule has 3 aromatic heterocycles. The molecule has 0 aliphatic carbocycles. The predicted octanol–water partition coefficient (Wildman–Crippen LogP) is 4.78. The molecule has 0 spiro atoms. The number of hydrogen-bond donors (Lipinski definition) is 1. The Bertz CT molecular complexity index is 1120. The van der Waals surface area contributed by atoms with Gasteiger partial charge in [-0.2, -0.15) is 0 Å². The molecule has 148 valence electrons. The second-order valence-corrected chi connectivity index (χ2v) is 8.69. The van der Waals surface area contributed by atoms with E-state index in [1.54, 1.807) is 0 Å². The van der Waals surface area contributed by atoms with Crippen molar-refractivity contribution in [2.45, 2.75) is 49.5 Å². The second kappa shape index (κ2) is 7.65. The minimum atomic E-state index is 0.365. The highest BCUT2D eigenvalue weighted by Gasteiger charge is 2.20. The predicted molar refractivity (Wildman–Crippen MR) is 113 cm³/mol. The smallest absolute Gasteiger partial charge is 0.174 e. The summed E-state index contributed by atoms with van der Waals surface area (Å²) in [6.07, 6.45) is 2.95. The first-order valence-corrected chi connectivity index (χ1v) is 10.7. The maximum Gasteiger partial charge on any atom is 0.174 e. The van der Waals surface area contributed by atoms with Crippen LogP contribution in [-0.4, -0.2) is 31.4 Å². The van der Waals surface area contributed by atoms with Gasteiger partial charge < -0.3 is 9.40 Å². The highest BCUT2D eigenvalue weighted by Crippen LogP contribution is 2.29. The first kappa shape index (κ1) is 18.4. The number of nitrogens with one attached hydrogen (secondary N) is 1. The lowest BCUT2D eigenvalue weighted by Crippen LogP contribution is -2.31. The Balaban J connectivity index is 1.24. The highest BCUT2D eigenvalue weighted by atomic mass is 32.2. The Hall–Kier alpha value is -2.64. The van der Waals surface area contributed by atoms with Crippen molar-refractivity contribution in [1.82, 2.24) is 24.8 Å². The van der Waals surface area contributed by atoms with Crippen LogP contribution in [0.15, 0.2) is 57.3 Å². The molecule has 0 saturated heterocycles. The summed E-state index contributed by atoms with van der Waals surface area (Å²) in [6, 6.07) is 12.1. The third kappa shape index (κ3) is 3.93. The van der Waals surface area contributed by atoms with Crippen LogP contribution >= 0.6 is 11.8 Å². The zero-order valence-electron chi connectivity index (χ0n) is 16.6. The van der Waals surface area contributed by atoms with Gasteiger partial charge in [0.1, 0.15) is 11.6 Å². The fourth-order valence-electron chi connectivity index (χ4n) is 3.59. The van der Waals surface area contributed by atoms with E-state index in [0.717, 1.165) is 58.9 Å². The molecule has 0 saturated carbocycles. The van der Waals surface area contributed by atoms with Crippen LogP contribution in [0.5, 0.6) is 0 Å². The number of fused-ring (bicyclic) bond motifs is 2. The van der Waals surface area contributed by atoms with Gasteiger partial charge in [-0.1, -0.05) is 26.0 Å². The Labute approximate surface area is 173 Å². The lowest BCUT2D eigenvalue weighted by atomic mass is 10.1. The van der Waals surface area contributed by atoms with Gasteiger partial charge in [-0.3, -0.25) is 4.90 Å². The number of aromatic nitrogens is 4. The van der Waals surface area contributed by atoms with Crippen LogP contribution in [0, 0.1) is 0 Å². The van der Waals surface area contributed by atoms with E-state index in [4.69, 9.17) is 9.40 Å². The van der Waals surface area contributed by atoms with Gasteiger partial charge in [-0.25, -0.2) is 15.0 Å². The normalized spacial score (nSPS) is 14.6. The molecule has 1 aromatic carbocycles. The number of aromatic amines is 1. The number of benzene rings is 1. The maximum atomic E-state index is 6.05. The SMILES string of the molecule is CC(C)c1ncc2c(n1)CCN(Cc1ccc(Sc3nc4ccccc4[nH]3)o1)C2. The summed E-state index contributed by atoms with van der Waals surface area (Å²) < 4.78 is 6.05. The summed E-state index contributed by atoms with van der Waals surface area (Å²) in [5.74, 6) is 2.27. The molecule has 5 rings (SSSR count). The van der Waals surface area contributed by atoms with Crippen molar-refractivity contribution < 1.29 is 4.42 Å². The van der Waals surface area contributed by atoms with Gasteiger partial charge in [0.2, 0.25) is 0 Å². The molecule has 0 unspecified atom stereocenters. The van der Waals surface area contributed by atoms with Gasteiger partial charge in [-0.05, 0) is 36.0 Å². The van der Waals surface area contributed by atoms with E-state index in [0.29, 0.717) is 5.92 Å². The van der Waals surface area contributed by atoms with E-state index in [1.807, 2.05) is 36.5 Å². The summed E-state index contributed by atoms with van der Waals surface area (Å²) in [7, 11) is 0. The third-order valence-corrected chi connectivity index (χ3v) is 5.94.